The van der Waals surface area contributed by atoms with Gasteiger partial charge in [0, 0.05) is 18.4 Å². The molecule has 2 heterocycles. The molecule has 1 atom stereocenters. The van der Waals surface area contributed by atoms with Crippen molar-refractivity contribution in [3.05, 3.63) is 54.1 Å². The van der Waals surface area contributed by atoms with E-state index in [1.54, 1.807) is 0 Å². The maximum Gasteiger partial charge on any atom is 0.249 e. The standard InChI is InChI=1S/C25H28N4O4S/c1-2-3-4-8-11-22(30)26-19(14-17-9-6-5-7-10-17)23(31)27-25-29-28-24(34-25)18-12-13-20-21(15-18)33-16-32-20/h5-7,9-10,12-13,15,19H,2-4,8,11,14,16H2,1H3,(H,26,30)(H,27,29,31)/t19-/m0/s1. The van der Waals surface area contributed by atoms with Crippen LogP contribution in [0.2, 0.25) is 0 Å². The molecule has 0 saturated carbocycles. The fourth-order valence-electron chi connectivity index (χ4n) is 3.65. The van der Waals surface area contributed by atoms with E-state index in [1.165, 1.54) is 11.3 Å². The molecule has 2 amide bonds. The van der Waals surface area contributed by atoms with Gasteiger partial charge < -0.3 is 14.8 Å². The number of benzene rings is 2. The molecule has 0 spiro atoms. The first kappa shape index (κ1) is 23.7. The second kappa shape index (κ2) is 11.6. The molecule has 2 aromatic carbocycles. The maximum atomic E-state index is 13.1. The van der Waals surface area contributed by atoms with Gasteiger partial charge in [-0.2, -0.15) is 0 Å². The van der Waals surface area contributed by atoms with E-state index in [0.29, 0.717) is 34.5 Å². The highest BCUT2D eigenvalue weighted by molar-refractivity contribution is 7.18. The molecule has 178 valence electrons. The quantitative estimate of drug-likeness (QED) is 0.390. The third-order valence-corrected chi connectivity index (χ3v) is 6.35. The van der Waals surface area contributed by atoms with Crippen molar-refractivity contribution in [1.82, 2.24) is 15.5 Å². The summed E-state index contributed by atoms with van der Waals surface area (Å²) in [6.07, 6.45) is 4.83. The third kappa shape index (κ3) is 6.32. The van der Waals surface area contributed by atoms with Gasteiger partial charge in [0.2, 0.25) is 23.7 Å². The van der Waals surface area contributed by atoms with E-state index in [4.69, 9.17) is 9.47 Å². The van der Waals surface area contributed by atoms with Crippen LogP contribution in [0.5, 0.6) is 11.5 Å². The Morgan fingerprint density at radius 3 is 2.68 bits per heavy atom. The van der Waals surface area contributed by atoms with Crippen molar-refractivity contribution in [3.63, 3.8) is 0 Å². The largest absolute Gasteiger partial charge is 0.454 e. The topological polar surface area (TPSA) is 102 Å². The molecule has 4 rings (SSSR count). The van der Waals surface area contributed by atoms with Crippen LogP contribution in [-0.4, -0.2) is 34.8 Å². The summed E-state index contributed by atoms with van der Waals surface area (Å²) < 4.78 is 10.8. The molecule has 9 heteroatoms. The summed E-state index contributed by atoms with van der Waals surface area (Å²) in [7, 11) is 0. The zero-order valence-electron chi connectivity index (χ0n) is 19.1. The first-order valence-electron chi connectivity index (χ1n) is 11.5. The summed E-state index contributed by atoms with van der Waals surface area (Å²) in [6.45, 7) is 2.33. The Labute approximate surface area is 202 Å². The predicted molar refractivity (Wildman–Crippen MR) is 131 cm³/mol. The zero-order valence-corrected chi connectivity index (χ0v) is 19.9. The Bertz CT molecular complexity index is 1120. The van der Waals surface area contributed by atoms with Crippen molar-refractivity contribution in [2.75, 3.05) is 12.1 Å². The van der Waals surface area contributed by atoms with E-state index in [0.717, 1.165) is 36.8 Å². The number of amides is 2. The lowest BCUT2D eigenvalue weighted by atomic mass is 10.0. The molecule has 1 aromatic heterocycles. The van der Waals surface area contributed by atoms with Crippen LogP contribution in [-0.2, 0) is 16.0 Å². The first-order valence-corrected chi connectivity index (χ1v) is 12.3. The molecule has 1 aliphatic rings. The molecule has 2 N–H and O–H groups in total. The number of carbonyl (C=O) groups excluding carboxylic acids is 2. The number of nitrogens with one attached hydrogen (secondary N) is 2. The minimum absolute atomic E-state index is 0.120. The van der Waals surface area contributed by atoms with Crippen LogP contribution < -0.4 is 20.1 Å². The molecule has 1 aliphatic heterocycles. The minimum Gasteiger partial charge on any atom is -0.454 e. The van der Waals surface area contributed by atoms with Gasteiger partial charge in [0.05, 0.1) is 0 Å². The van der Waals surface area contributed by atoms with Crippen molar-refractivity contribution in [2.24, 2.45) is 0 Å². The number of aromatic nitrogens is 2. The van der Waals surface area contributed by atoms with Crippen molar-refractivity contribution in [2.45, 2.75) is 51.5 Å². The van der Waals surface area contributed by atoms with Crippen molar-refractivity contribution in [1.29, 1.82) is 0 Å². The molecule has 3 aromatic rings. The predicted octanol–water partition coefficient (Wildman–Crippen LogP) is 4.57. The number of ether oxygens (including phenoxy) is 2. The van der Waals surface area contributed by atoms with Crippen LogP contribution in [0, 0.1) is 0 Å². The Kier molecular flexibility index (Phi) is 8.08. The maximum absolute atomic E-state index is 13.1. The molecule has 0 saturated heterocycles. The number of anilines is 1. The van der Waals surface area contributed by atoms with Crippen LogP contribution in [0.4, 0.5) is 5.13 Å². The summed E-state index contributed by atoms with van der Waals surface area (Å²) in [4.78, 5) is 25.6. The van der Waals surface area contributed by atoms with Crippen LogP contribution >= 0.6 is 11.3 Å². The van der Waals surface area contributed by atoms with Gasteiger partial charge >= 0.3 is 0 Å². The molecule has 34 heavy (non-hydrogen) atoms. The molecule has 0 aliphatic carbocycles. The van der Waals surface area contributed by atoms with E-state index in [9.17, 15) is 9.59 Å². The van der Waals surface area contributed by atoms with E-state index in [2.05, 4.69) is 27.8 Å². The number of carbonyl (C=O) groups is 2. The van der Waals surface area contributed by atoms with Crippen molar-refractivity contribution < 1.29 is 19.1 Å². The van der Waals surface area contributed by atoms with E-state index in [-0.39, 0.29) is 18.6 Å². The van der Waals surface area contributed by atoms with Crippen LogP contribution in [0.1, 0.15) is 44.6 Å². The van der Waals surface area contributed by atoms with Crippen LogP contribution in [0.25, 0.3) is 10.6 Å². The van der Waals surface area contributed by atoms with Gasteiger partial charge in [0.15, 0.2) is 11.5 Å². The number of nitrogens with zero attached hydrogens (tertiary/aromatic N) is 2. The van der Waals surface area contributed by atoms with Crippen molar-refractivity contribution >= 4 is 28.3 Å². The second-order valence-electron chi connectivity index (χ2n) is 8.09. The zero-order chi connectivity index (χ0) is 23.8. The van der Waals surface area contributed by atoms with Gasteiger partial charge in [0.25, 0.3) is 0 Å². The monoisotopic (exact) mass is 480 g/mol. The number of hydrogen-bond donors (Lipinski definition) is 2. The lowest BCUT2D eigenvalue weighted by Crippen LogP contribution is -2.45. The minimum atomic E-state index is -0.709. The SMILES string of the molecule is CCCCCCC(=O)N[C@@H](Cc1ccccc1)C(=O)Nc1nnc(-c2ccc3c(c2)OCO3)s1. The van der Waals surface area contributed by atoms with Gasteiger partial charge in [-0.05, 0) is 30.2 Å². The molecule has 0 bridgehead atoms. The highest BCUT2D eigenvalue weighted by Crippen LogP contribution is 2.37. The van der Waals surface area contributed by atoms with Gasteiger partial charge in [0.1, 0.15) is 11.0 Å². The normalized spacial score (nSPS) is 12.9. The van der Waals surface area contributed by atoms with E-state index >= 15 is 0 Å². The molecule has 0 unspecified atom stereocenters. The summed E-state index contributed by atoms with van der Waals surface area (Å²) >= 11 is 1.26. The summed E-state index contributed by atoms with van der Waals surface area (Å²) in [6, 6.07) is 14.5. The van der Waals surface area contributed by atoms with E-state index < -0.39 is 6.04 Å². The molecule has 0 fully saturated rings. The van der Waals surface area contributed by atoms with E-state index in [1.807, 2.05) is 48.5 Å². The molecular formula is C25H28N4O4S. The number of fused-ring (bicyclic) bond motifs is 1. The second-order valence-corrected chi connectivity index (χ2v) is 9.07. The average Bonchev–Trinajstić information content (AvgIpc) is 3.51. The van der Waals surface area contributed by atoms with Crippen LogP contribution in [0.15, 0.2) is 48.5 Å². The summed E-state index contributed by atoms with van der Waals surface area (Å²) in [5.41, 5.74) is 1.79. The summed E-state index contributed by atoms with van der Waals surface area (Å²) in [5.74, 6) is 0.906. The van der Waals surface area contributed by atoms with Crippen LogP contribution in [0.3, 0.4) is 0 Å². The molecule has 8 nitrogen and oxygen atoms in total. The lowest BCUT2D eigenvalue weighted by molar-refractivity contribution is -0.126. The summed E-state index contributed by atoms with van der Waals surface area (Å²) in [5, 5.41) is 15.1. The number of rotatable bonds is 11. The fourth-order valence-corrected chi connectivity index (χ4v) is 4.39. The highest BCUT2D eigenvalue weighted by Gasteiger charge is 2.23. The number of hydrogen-bond acceptors (Lipinski definition) is 7. The van der Waals surface area contributed by atoms with Gasteiger partial charge in [-0.25, -0.2) is 0 Å². The van der Waals surface area contributed by atoms with Gasteiger partial charge in [-0.1, -0.05) is 67.9 Å². The van der Waals surface area contributed by atoms with Crippen molar-refractivity contribution in [3.8, 4) is 22.1 Å². The average molecular weight is 481 g/mol. The Morgan fingerprint density at radius 1 is 1.03 bits per heavy atom. The fraction of sp³-hybridized carbons (Fsp3) is 0.360. The Hall–Kier alpha value is -3.46. The lowest BCUT2D eigenvalue weighted by Gasteiger charge is -2.18. The molecule has 0 radical (unpaired) electrons. The molecular weight excluding hydrogens is 452 g/mol. The number of unbranched alkanes of at least 4 members (excludes halogenated alkanes) is 3. The highest BCUT2D eigenvalue weighted by atomic mass is 32.1. The first-order chi connectivity index (χ1) is 16.6. The Morgan fingerprint density at radius 2 is 1.85 bits per heavy atom. The van der Waals surface area contributed by atoms with Gasteiger partial charge in [-0.3, -0.25) is 14.9 Å². The Balaban J connectivity index is 1.42. The smallest absolute Gasteiger partial charge is 0.249 e. The van der Waals surface area contributed by atoms with Gasteiger partial charge in [-0.15, -0.1) is 10.2 Å². The third-order valence-electron chi connectivity index (χ3n) is 5.47.